The van der Waals surface area contributed by atoms with Crippen molar-refractivity contribution < 1.29 is 23.2 Å². The molecule has 6 heteroatoms. The van der Waals surface area contributed by atoms with E-state index in [4.69, 9.17) is 4.74 Å². The van der Waals surface area contributed by atoms with Crippen molar-refractivity contribution in [2.45, 2.75) is 25.0 Å². The van der Waals surface area contributed by atoms with Gasteiger partial charge >= 0.3 is 5.97 Å². The molecule has 3 aliphatic rings. The van der Waals surface area contributed by atoms with Crippen molar-refractivity contribution in [3.63, 3.8) is 0 Å². The van der Waals surface area contributed by atoms with Gasteiger partial charge in [0.2, 0.25) is 5.78 Å². The zero-order valence-corrected chi connectivity index (χ0v) is 19.6. The van der Waals surface area contributed by atoms with E-state index in [2.05, 4.69) is 5.32 Å². The number of esters is 1. The largest absolute Gasteiger partial charge is 0.454 e. The fraction of sp³-hybridized carbons (Fsp3) is 0.310. The average Bonchev–Trinajstić information content (AvgIpc) is 2.89. The molecule has 0 saturated carbocycles. The molecule has 0 amide bonds. The van der Waals surface area contributed by atoms with Crippen molar-refractivity contribution in [3.05, 3.63) is 102 Å². The number of nitrogens with one attached hydrogen (secondary N) is 1. The molecule has 1 N–H and O–H groups in total. The number of ketones is 1. The summed E-state index contributed by atoms with van der Waals surface area (Å²) in [7, 11) is 0. The van der Waals surface area contributed by atoms with E-state index in [-0.39, 0.29) is 17.9 Å². The number of hydrogen-bond donors (Lipinski definition) is 1. The Morgan fingerprint density at radius 2 is 1.63 bits per heavy atom. The van der Waals surface area contributed by atoms with Crippen LogP contribution in [0.5, 0.6) is 0 Å². The highest BCUT2D eigenvalue weighted by Crippen LogP contribution is 2.36. The summed E-state index contributed by atoms with van der Waals surface area (Å²) >= 11 is 0. The van der Waals surface area contributed by atoms with E-state index in [1.54, 1.807) is 12.1 Å². The molecule has 0 unspecified atom stereocenters. The van der Waals surface area contributed by atoms with Crippen LogP contribution in [0.2, 0.25) is 0 Å². The van der Waals surface area contributed by atoms with E-state index >= 15 is 0 Å². The molecule has 3 aliphatic heterocycles. The minimum Gasteiger partial charge on any atom is -0.454 e. The highest BCUT2D eigenvalue weighted by Gasteiger charge is 2.49. The fourth-order valence-electron chi connectivity index (χ4n) is 5.48. The number of Topliss-reactive ketones (excluding diaryl/α,β-unsaturated/α-hetero) is 1. The van der Waals surface area contributed by atoms with Crippen molar-refractivity contribution in [2.75, 3.05) is 31.5 Å². The highest BCUT2D eigenvalue weighted by molar-refractivity contribution is 5.97. The molecule has 180 valence electrons. The van der Waals surface area contributed by atoms with Gasteiger partial charge in [-0.1, -0.05) is 60.7 Å². The first-order chi connectivity index (χ1) is 17.0. The Bertz CT molecular complexity index is 1180. The lowest BCUT2D eigenvalue weighted by molar-refractivity contribution is -0.938. The first-order valence-corrected chi connectivity index (χ1v) is 12.2. The van der Waals surface area contributed by atoms with Crippen molar-refractivity contribution in [3.8, 4) is 0 Å². The molecule has 3 aromatic rings. The number of fused-ring (bicyclic) bond motifs is 3. The summed E-state index contributed by atoms with van der Waals surface area (Å²) < 4.78 is 20.4. The van der Waals surface area contributed by atoms with Gasteiger partial charge < -0.3 is 14.5 Å². The zero-order valence-electron chi connectivity index (χ0n) is 19.6. The average molecular weight is 474 g/mol. The van der Waals surface area contributed by atoms with E-state index in [9.17, 15) is 14.0 Å². The summed E-state index contributed by atoms with van der Waals surface area (Å²) in [5.41, 5.74) is 2.08. The molecule has 6 rings (SSSR count). The molecule has 2 bridgehead atoms. The molecule has 5 nitrogen and oxygen atoms in total. The third-order valence-corrected chi connectivity index (χ3v) is 7.39. The lowest BCUT2D eigenvalue weighted by Gasteiger charge is -2.51. The Balaban J connectivity index is 1.31. The summed E-state index contributed by atoms with van der Waals surface area (Å²) in [5, 5.41) is 3.33. The van der Waals surface area contributed by atoms with E-state index < -0.39 is 11.9 Å². The predicted molar refractivity (Wildman–Crippen MR) is 132 cm³/mol. The third-order valence-electron chi connectivity index (χ3n) is 7.39. The van der Waals surface area contributed by atoms with E-state index in [1.165, 1.54) is 12.1 Å². The summed E-state index contributed by atoms with van der Waals surface area (Å²) in [4.78, 5) is 26.4. The van der Waals surface area contributed by atoms with Crippen LogP contribution in [0, 0.1) is 11.7 Å². The number of ether oxygens (including phenoxy) is 1. The molecule has 3 saturated heterocycles. The molecule has 3 fully saturated rings. The van der Waals surface area contributed by atoms with E-state index in [0.717, 1.165) is 37.2 Å². The Labute approximate surface area is 205 Å². The predicted octanol–water partition coefficient (Wildman–Crippen LogP) is 5.01. The second-order valence-electron chi connectivity index (χ2n) is 9.73. The number of para-hydroxylation sites is 1. The van der Waals surface area contributed by atoms with Crippen LogP contribution in [-0.2, 0) is 9.53 Å². The van der Waals surface area contributed by atoms with Crippen LogP contribution in [0.3, 0.4) is 0 Å². The van der Waals surface area contributed by atoms with Crippen LogP contribution in [0.1, 0.15) is 34.8 Å². The van der Waals surface area contributed by atoms with Gasteiger partial charge in [-0.25, -0.2) is 9.18 Å². The van der Waals surface area contributed by atoms with E-state index in [0.29, 0.717) is 29.1 Å². The number of rotatable bonds is 8. The SMILES string of the molecule is O=C(C[N+]12CCC(CC1)[C@@H](OC(=O)[C@H](Nc1ccccc1)c1ccccc1)C2)c1cccc(F)c1. The first-order valence-electron chi connectivity index (χ1n) is 12.2. The summed E-state index contributed by atoms with van der Waals surface area (Å²) in [5.74, 6) is -0.481. The van der Waals surface area contributed by atoms with Gasteiger partial charge in [-0.2, -0.15) is 0 Å². The number of anilines is 1. The molecule has 0 spiro atoms. The number of halogens is 1. The molecular weight excluding hydrogens is 443 g/mol. The minimum absolute atomic E-state index is 0.0668. The molecule has 0 radical (unpaired) electrons. The second-order valence-corrected chi connectivity index (χ2v) is 9.73. The quantitative estimate of drug-likeness (QED) is 0.284. The number of hydrogen-bond acceptors (Lipinski definition) is 4. The Morgan fingerprint density at radius 3 is 2.31 bits per heavy atom. The van der Waals surface area contributed by atoms with Crippen LogP contribution in [0.25, 0.3) is 0 Å². The van der Waals surface area contributed by atoms with Crippen molar-refractivity contribution in [1.29, 1.82) is 0 Å². The number of carbonyl (C=O) groups excluding carboxylic acids is 2. The maximum atomic E-state index is 13.6. The molecule has 2 atom stereocenters. The normalized spacial score (nSPS) is 23.9. The number of piperidine rings is 3. The Hall–Kier alpha value is -3.51. The van der Waals surface area contributed by atoms with Gasteiger partial charge in [-0.15, -0.1) is 0 Å². The smallest absolute Gasteiger partial charge is 0.333 e. The maximum Gasteiger partial charge on any atom is 0.333 e. The summed E-state index contributed by atoms with van der Waals surface area (Å²) in [6.45, 7) is 2.67. The standard InChI is InChI=1S/C29H30FN2O3/c30-24-11-7-10-23(18-24)26(33)19-32-16-14-21(15-17-32)27(20-32)35-29(34)28(22-8-3-1-4-9-22)31-25-12-5-2-6-13-25/h1-13,18,21,27-28,31H,14-17,19-20H2/q+1/t21?,27-,28+,32?/m0/s1. The lowest BCUT2D eigenvalue weighted by Crippen LogP contribution is -2.65. The maximum absolute atomic E-state index is 13.6. The van der Waals surface area contributed by atoms with Gasteiger partial charge in [0.1, 0.15) is 18.9 Å². The van der Waals surface area contributed by atoms with Crippen LogP contribution in [0.15, 0.2) is 84.9 Å². The fourth-order valence-corrected chi connectivity index (χ4v) is 5.48. The molecule has 0 aliphatic carbocycles. The van der Waals surface area contributed by atoms with Crippen LogP contribution in [0.4, 0.5) is 10.1 Å². The second kappa shape index (κ2) is 10.0. The van der Waals surface area contributed by atoms with Gasteiger partial charge in [0.25, 0.3) is 0 Å². The van der Waals surface area contributed by atoms with Gasteiger partial charge in [0, 0.05) is 30.0 Å². The Kier molecular flexibility index (Phi) is 6.64. The number of benzene rings is 3. The Morgan fingerprint density at radius 1 is 0.943 bits per heavy atom. The molecule has 35 heavy (non-hydrogen) atoms. The molecule has 3 heterocycles. The first kappa shape index (κ1) is 23.2. The van der Waals surface area contributed by atoms with Gasteiger partial charge in [-0.3, -0.25) is 4.79 Å². The van der Waals surface area contributed by atoms with Crippen LogP contribution in [-0.4, -0.2) is 48.5 Å². The molecule has 3 aromatic carbocycles. The van der Waals surface area contributed by atoms with Crippen molar-refractivity contribution in [2.24, 2.45) is 5.92 Å². The number of carbonyl (C=O) groups is 2. The molecule has 0 aromatic heterocycles. The highest BCUT2D eigenvalue weighted by atomic mass is 19.1. The van der Waals surface area contributed by atoms with Gasteiger partial charge in [-0.05, 0) is 29.8 Å². The zero-order chi connectivity index (χ0) is 24.3. The van der Waals surface area contributed by atoms with Crippen molar-refractivity contribution in [1.82, 2.24) is 0 Å². The van der Waals surface area contributed by atoms with Crippen LogP contribution >= 0.6 is 0 Å². The monoisotopic (exact) mass is 473 g/mol. The lowest BCUT2D eigenvalue weighted by atomic mass is 9.82. The third kappa shape index (κ3) is 5.28. The minimum atomic E-state index is -0.628. The topological polar surface area (TPSA) is 55.4 Å². The number of quaternary nitrogens is 1. The van der Waals surface area contributed by atoms with E-state index in [1.807, 2.05) is 60.7 Å². The van der Waals surface area contributed by atoms with Gasteiger partial charge in [0.15, 0.2) is 12.1 Å². The number of nitrogens with zero attached hydrogens (tertiary/aromatic N) is 1. The van der Waals surface area contributed by atoms with Crippen LogP contribution < -0.4 is 5.32 Å². The van der Waals surface area contributed by atoms with Gasteiger partial charge in [0.05, 0.1) is 13.1 Å². The summed E-state index contributed by atoms with van der Waals surface area (Å²) in [6, 6.07) is 24.5. The summed E-state index contributed by atoms with van der Waals surface area (Å²) in [6.07, 6.45) is 1.58. The molecular formula is C29H30FN2O3+. The van der Waals surface area contributed by atoms with Crippen molar-refractivity contribution >= 4 is 17.4 Å².